The van der Waals surface area contributed by atoms with Crippen LogP contribution in [0.15, 0.2) is 6.07 Å². The molecular weight excluding hydrogens is 301 g/mol. The second-order valence-electron chi connectivity index (χ2n) is 4.28. The molecule has 0 fully saturated rings. The number of aromatic nitrogens is 1. The van der Waals surface area contributed by atoms with Crippen LogP contribution in [0.5, 0.6) is 0 Å². The maximum absolute atomic E-state index is 6.27. The molecule has 0 aliphatic rings. The van der Waals surface area contributed by atoms with Gasteiger partial charge in [-0.3, -0.25) is 0 Å². The number of hydrogen-bond donors (Lipinski definition) is 1. The molecule has 1 unspecified atom stereocenters. The Morgan fingerprint density at radius 1 is 1.37 bits per heavy atom. The van der Waals surface area contributed by atoms with E-state index in [2.05, 4.69) is 28.4 Å². The highest BCUT2D eigenvalue weighted by atomic mass is 35.5. The highest BCUT2D eigenvalue weighted by Gasteiger charge is 2.18. The van der Waals surface area contributed by atoms with Gasteiger partial charge >= 0.3 is 0 Å². The molecule has 0 aliphatic heterocycles. The Balaban J connectivity index is 3.07. The van der Waals surface area contributed by atoms with Crippen molar-refractivity contribution in [2.24, 2.45) is 0 Å². The summed E-state index contributed by atoms with van der Waals surface area (Å²) in [4.78, 5) is 6.69. The molecule has 0 bridgehead atoms. The lowest BCUT2D eigenvalue weighted by atomic mass is 10.2. The van der Waals surface area contributed by atoms with Crippen LogP contribution in [0.2, 0.25) is 10.0 Å². The van der Waals surface area contributed by atoms with Gasteiger partial charge in [0.05, 0.1) is 10.0 Å². The molecule has 0 saturated heterocycles. The summed E-state index contributed by atoms with van der Waals surface area (Å²) in [7, 11) is 2.03. The number of anilines is 2. The van der Waals surface area contributed by atoms with Gasteiger partial charge in [-0.1, -0.05) is 30.1 Å². The molecule has 0 radical (unpaired) electrons. The Labute approximate surface area is 130 Å². The van der Waals surface area contributed by atoms with Crippen molar-refractivity contribution in [3.05, 3.63) is 16.1 Å². The molecule has 1 N–H and O–H groups in total. The van der Waals surface area contributed by atoms with Gasteiger partial charge in [0.2, 0.25) is 0 Å². The summed E-state index contributed by atoms with van der Waals surface area (Å²) >= 11 is 14.2. The van der Waals surface area contributed by atoms with E-state index in [0.717, 1.165) is 24.5 Å². The first-order valence-electron chi connectivity index (χ1n) is 6.36. The number of hydrogen-bond acceptors (Lipinski definition) is 4. The van der Waals surface area contributed by atoms with Gasteiger partial charge in [0.15, 0.2) is 0 Å². The molecule has 1 heterocycles. The summed E-state index contributed by atoms with van der Waals surface area (Å²) in [5.74, 6) is 2.52. The van der Waals surface area contributed by atoms with E-state index in [9.17, 15) is 0 Å². The average molecular weight is 322 g/mol. The van der Waals surface area contributed by atoms with Crippen molar-refractivity contribution in [3.8, 4) is 0 Å². The SMILES string of the molecule is CCNc1nc(N(C)C(CC)CSC)c(Cl)cc1Cl. The van der Waals surface area contributed by atoms with Crippen LogP contribution >= 0.6 is 35.0 Å². The molecule has 19 heavy (non-hydrogen) atoms. The van der Waals surface area contributed by atoms with E-state index in [1.54, 1.807) is 6.07 Å². The Morgan fingerprint density at radius 2 is 2.05 bits per heavy atom. The molecule has 6 heteroatoms. The van der Waals surface area contributed by atoms with Gasteiger partial charge in [-0.05, 0) is 25.7 Å². The topological polar surface area (TPSA) is 28.2 Å². The highest BCUT2D eigenvalue weighted by molar-refractivity contribution is 7.98. The molecule has 0 aliphatic carbocycles. The molecule has 1 aromatic heterocycles. The van der Waals surface area contributed by atoms with Crippen LogP contribution in [0.3, 0.4) is 0 Å². The molecule has 0 amide bonds. The third kappa shape index (κ3) is 4.33. The predicted molar refractivity (Wildman–Crippen MR) is 89.3 cm³/mol. The van der Waals surface area contributed by atoms with Crippen LogP contribution in [0.1, 0.15) is 20.3 Å². The van der Waals surface area contributed by atoms with Gasteiger partial charge in [0.1, 0.15) is 11.6 Å². The normalized spacial score (nSPS) is 12.3. The largest absolute Gasteiger partial charge is 0.369 e. The second-order valence-corrected chi connectivity index (χ2v) is 6.01. The summed E-state index contributed by atoms with van der Waals surface area (Å²) in [6.45, 7) is 4.96. The van der Waals surface area contributed by atoms with Crippen molar-refractivity contribution in [2.75, 3.05) is 35.8 Å². The number of halogens is 2. The van der Waals surface area contributed by atoms with Crippen molar-refractivity contribution >= 4 is 46.6 Å². The average Bonchev–Trinajstić information content (AvgIpc) is 2.38. The Morgan fingerprint density at radius 3 is 2.58 bits per heavy atom. The minimum Gasteiger partial charge on any atom is -0.369 e. The lowest BCUT2D eigenvalue weighted by Gasteiger charge is -2.29. The van der Waals surface area contributed by atoms with Gasteiger partial charge in [-0.25, -0.2) is 4.98 Å². The molecule has 0 saturated carbocycles. The number of nitrogens with zero attached hydrogens (tertiary/aromatic N) is 2. The molecule has 3 nitrogen and oxygen atoms in total. The van der Waals surface area contributed by atoms with E-state index < -0.39 is 0 Å². The number of pyridine rings is 1. The first kappa shape index (κ1) is 16.7. The Bertz CT molecular complexity index is 415. The first-order chi connectivity index (χ1) is 9.04. The van der Waals surface area contributed by atoms with Crippen LogP contribution in [0.4, 0.5) is 11.6 Å². The third-order valence-corrected chi connectivity index (χ3v) is 4.25. The van der Waals surface area contributed by atoms with Gasteiger partial charge in [0.25, 0.3) is 0 Å². The predicted octanol–water partition coefficient (Wildman–Crippen LogP) is 4.40. The van der Waals surface area contributed by atoms with Crippen molar-refractivity contribution < 1.29 is 0 Å². The molecule has 0 spiro atoms. The number of nitrogens with one attached hydrogen (secondary N) is 1. The monoisotopic (exact) mass is 321 g/mol. The van der Waals surface area contributed by atoms with Crippen molar-refractivity contribution in [3.63, 3.8) is 0 Å². The fraction of sp³-hybridized carbons (Fsp3) is 0.615. The molecule has 1 aromatic rings. The van der Waals surface area contributed by atoms with E-state index in [1.165, 1.54) is 0 Å². The zero-order chi connectivity index (χ0) is 14.4. The van der Waals surface area contributed by atoms with Crippen LogP contribution in [0.25, 0.3) is 0 Å². The van der Waals surface area contributed by atoms with E-state index in [1.807, 2.05) is 25.7 Å². The number of rotatable bonds is 7. The molecular formula is C13H21Cl2N3S. The van der Waals surface area contributed by atoms with Gasteiger partial charge in [-0.15, -0.1) is 0 Å². The van der Waals surface area contributed by atoms with E-state index in [-0.39, 0.29) is 0 Å². The van der Waals surface area contributed by atoms with Crippen LogP contribution in [-0.4, -0.2) is 36.6 Å². The number of thioether (sulfide) groups is 1. The molecule has 1 atom stereocenters. The summed E-state index contributed by atoms with van der Waals surface area (Å²) < 4.78 is 0. The van der Waals surface area contributed by atoms with Crippen molar-refractivity contribution in [1.29, 1.82) is 0 Å². The molecule has 0 aromatic carbocycles. The fourth-order valence-electron chi connectivity index (χ4n) is 1.86. The maximum atomic E-state index is 6.27. The lowest BCUT2D eigenvalue weighted by molar-refractivity contribution is 0.666. The van der Waals surface area contributed by atoms with Crippen LogP contribution < -0.4 is 10.2 Å². The lowest BCUT2D eigenvalue weighted by Crippen LogP contribution is -2.34. The van der Waals surface area contributed by atoms with E-state index in [0.29, 0.717) is 21.9 Å². The van der Waals surface area contributed by atoms with E-state index >= 15 is 0 Å². The Kier molecular flexibility index (Phi) is 7.11. The zero-order valence-corrected chi connectivity index (χ0v) is 14.2. The first-order valence-corrected chi connectivity index (χ1v) is 8.51. The summed E-state index contributed by atoms with van der Waals surface area (Å²) in [5, 5.41) is 4.30. The second kappa shape index (κ2) is 8.08. The van der Waals surface area contributed by atoms with Gasteiger partial charge < -0.3 is 10.2 Å². The summed E-state index contributed by atoms with van der Waals surface area (Å²) in [6, 6.07) is 2.17. The van der Waals surface area contributed by atoms with Crippen molar-refractivity contribution in [2.45, 2.75) is 26.3 Å². The Hall–Kier alpha value is -0.320. The minimum atomic E-state index is 0.413. The maximum Gasteiger partial charge on any atom is 0.149 e. The quantitative estimate of drug-likeness (QED) is 0.805. The summed E-state index contributed by atoms with van der Waals surface area (Å²) in [6.07, 6.45) is 3.16. The molecule has 1 rings (SSSR count). The minimum absolute atomic E-state index is 0.413. The highest BCUT2D eigenvalue weighted by Crippen LogP contribution is 2.32. The van der Waals surface area contributed by atoms with Crippen LogP contribution in [-0.2, 0) is 0 Å². The molecule has 108 valence electrons. The summed E-state index contributed by atoms with van der Waals surface area (Å²) in [5.41, 5.74) is 0. The van der Waals surface area contributed by atoms with Gasteiger partial charge in [-0.2, -0.15) is 11.8 Å². The standard InChI is InChI=1S/C13H21Cl2N3S/c1-5-9(8-19-4)18(3)13-11(15)7-10(14)12(17-13)16-6-2/h7,9H,5-6,8H2,1-4H3,(H,16,17). The van der Waals surface area contributed by atoms with Crippen LogP contribution in [0, 0.1) is 0 Å². The smallest absolute Gasteiger partial charge is 0.149 e. The van der Waals surface area contributed by atoms with E-state index in [4.69, 9.17) is 23.2 Å². The third-order valence-electron chi connectivity index (χ3n) is 2.97. The zero-order valence-electron chi connectivity index (χ0n) is 11.8. The fourth-order valence-corrected chi connectivity index (χ4v) is 3.27. The van der Waals surface area contributed by atoms with Crippen molar-refractivity contribution in [1.82, 2.24) is 4.98 Å². The van der Waals surface area contributed by atoms with Gasteiger partial charge in [0, 0.05) is 25.4 Å².